The zero-order chi connectivity index (χ0) is 11.8. The lowest BCUT2D eigenvalue weighted by Crippen LogP contribution is -2.40. The fourth-order valence-corrected chi connectivity index (χ4v) is 2.79. The van der Waals surface area contributed by atoms with E-state index >= 15 is 0 Å². The summed E-state index contributed by atoms with van der Waals surface area (Å²) in [6.07, 6.45) is 0. The van der Waals surface area contributed by atoms with E-state index in [-0.39, 0.29) is 5.41 Å². The van der Waals surface area contributed by atoms with Crippen LogP contribution in [0.4, 0.5) is 0 Å². The molecule has 1 nitrogen and oxygen atoms in total. The van der Waals surface area contributed by atoms with Crippen LogP contribution in [0.2, 0.25) is 0 Å². The van der Waals surface area contributed by atoms with Gasteiger partial charge in [-0.15, -0.1) is 11.3 Å². The fraction of sp³-hybridized carbons (Fsp3) is 0.429. The van der Waals surface area contributed by atoms with Crippen LogP contribution >= 0.6 is 11.3 Å². The molecule has 2 heteroatoms. The molecule has 1 atom stereocenters. The molecule has 86 valence electrons. The Morgan fingerprint density at radius 3 is 2.69 bits per heavy atom. The maximum Gasteiger partial charge on any atom is 0.0345 e. The van der Waals surface area contributed by atoms with Crippen LogP contribution in [0.25, 0.3) is 10.1 Å². The van der Waals surface area contributed by atoms with Crippen LogP contribution in [0.3, 0.4) is 0 Å². The van der Waals surface area contributed by atoms with E-state index in [9.17, 15) is 0 Å². The second-order valence-corrected chi connectivity index (χ2v) is 5.85. The van der Waals surface area contributed by atoms with Gasteiger partial charge in [-0.25, -0.2) is 0 Å². The number of rotatable bonds is 3. The van der Waals surface area contributed by atoms with Crippen LogP contribution in [0.1, 0.15) is 26.3 Å². The average Bonchev–Trinajstić information content (AvgIpc) is 2.74. The minimum atomic E-state index is 0.160. The molecular weight excluding hydrogens is 214 g/mol. The van der Waals surface area contributed by atoms with Crippen molar-refractivity contribution in [3.8, 4) is 0 Å². The second-order valence-electron chi connectivity index (χ2n) is 4.91. The molecular formula is C14H19NS. The lowest BCUT2D eigenvalue weighted by molar-refractivity contribution is 0.383. The topological polar surface area (TPSA) is 12.0 Å². The first kappa shape index (κ1) is 11.6. The van der Waals surface area contributed by atoms with Crippen molar-refractivity contribution in [1.29, 1.82) is 0 Å². The van der Waals surface area contributed by atoms with Gasteiger partial charge in [-0.3, -0.25) is 0 Å². The van der Waals surface area contributed by atoms with Crippen molar-refractivity contribution in [3.05, 3.63) is 35.2 Å². The molecule has 1 N–H and O–H groups in total. The predicted octanol–water partition coefficient (Wildman–Crippen LogP) is 3.79. The number of hydrogen-bond acceptors (Lipinski definition) is 2. The summed E-state index contributed by atoms with van der Waals surface area (Å²) in [6, 6.07) is 9.45. The molecule has 0 aliphatic carbocycles. The Labute approximate surface area is 101 Å². The van der Waals surface area contributed by atoms with Gasteiger partial charge in [0.1, 0.15) is 0 Å². The molecule has 2 rings (SSSR count). The van der Waals surface area contributed by atoms with Crippen LogP contribution in [0.15, 0.2) is 29.6 Å². The van der Waals surface area contributed by atoms with E-state index in [0.29, 0.717) is 6.04 Å². The Kier molecular flexibility index (Phi) is 3.04. The van der Waals surface area contributed by atoms with E-state index in [1.54, 1.807) is 0 Å². The average molecular weight is 233 g/mol. The maximum absolute atomic E-state index is 3.35. The fourth-order valence-electron chi connectivity index (χ4n) is 1.97. The largest absolute Gasteiger partial charge is 0.316 e. The Hall–Kier alpha value is -0.860. The van der Waals surface area contributed by atoms with Gasteiger partial charge in [0.15, 0.2) is 0 Å². The third-order valence-corrected chi connectivity index (χ3v) is 4.60. The van der Waals surface area contributed by atoms with Crippen LogP contribution in [0.5, 0.6) is 0 Å². The van der Waals surface area contributed by atoms with Gasteiger partial charge in [0, 0.05) is 16.2 Å². The minimum Gasteiger partial charge on any atom is -0.316 e. The van der Waals surface area contributed by atoms with Gasteiger partial charge >= 0.3 is 0 Å². The Morgan fingerprint density at radius 2 is 2.00 bits per heavy atom. The first-order valence-electron chi connectivity index (χ1n) is 5.70. The number of benzene rings is 1. The van der Waals surface area contributed by atoms with Crippen molar-refractivity contribution in [3.63, 3.8) is 0 Å². The highest BCUT2D eigenvalue weighted by atomic mass is 32.1. The molecule has 0 fully saturated rings. The molecule has 0 spiro atoms. The van der Waals surface area contributed by atoms with E-state index in [2.05, 4.69) is 55.7 Å². The molecule has 0 aliphatic heterocycles. The van der Waals surface area contributed by atoms with Gasteiger partial charge in [-0.2, -0.15) is 0 Å². The van der Waals surface area contributed by atoms with E-state index in [4.69, 9.17) is 0 Å². The van der Waals surface area contributed by atoms with Gasteiger partial charge in [-0.1, -0.05) is 26.0 Å². The number of nitrogens with one attached hydrogen (secondary N) is 1. The molecule has 0 aliphatic rings. The van der Waals surface area contributed by atoms with Gasteiger partial charge in [0.2, 0.25) is 0 Å². The normalized spacial score (nSPS) is 14.2. The summed E-state index contributed by atoms with van der Waals surface area (Å²) in [4.78, 5) is 0. The van der Waals surface area contributed by atoms with Crippen molar-refractivity contribution in [2.24, 2.45) is 0 Å². The Balaban J connectivity index is 2.45. The van der Waals surface area contributed by atoms with Crippen LogP contribution in [-0.2, 0) is 5.41 Å². The molecule has 1 heterocycles. The summed E-state index contributed by atoms with van der Waals surface area (Å²) < 4.78 is 1.38. The lowest BCUT2D eigenvalue weighted by atomic mass is 9.78. The molecule has 1 unspecified atom stereocenters. The smallest absolute Gasteiger partial charge is 0.0345 e. The zero-order valence-corrected chi connectivity index (χ0v) is 11.2. The van der Waals surface area contributed by atoms with Crippen molar-refractivity contribution in [2.75, 3.05) is 7.05 Å². The lowest BCUT2D eigenvalue weighted by Gasteiger charge is -2.32. The molecule has 0 amide bonds. The molecule has 2 aromatic rings. The van der Waals surface area contributed by atoms with E-state index in [1.807, 2.05) is 18.4 Å². The summed E-state index contributed by atoms with van der Waals surface area (Å²) in [7, 11) is 2.02. The molecule has 0 saturated carbocycles. The standard InChI is InChI=1S/C14H19NS/c1-10(15-4)14(2,3)12-6-5-11-7-8-16-13(11)9-12/h5-10,15H,1-4H3. The Morgan fingerprint density at radius 1 is 1.25 bits per heavy atom. The zero-order valence-electron chi connectivity index (χ0n) is 10.4. The highest BCUT2D eigenvalue weighted by Crippen LogP contribution is 2.31. The van der Waals surface area contributed by atoms with Gasteiger partial charge < -0.3 is 5.32 Å². The third kappa shape index (κ3) is 1.87. The van der Waals surface area contributed by atoms with Crippen molar-refractivity contribution in [1.82, 2.24) is 5.32 Å². The monoisotopic (exact) mass is 233 g/mol. The first-order chi connectivity index (χ1) is 7.55. The highest BCUT2D eigenvalue weighted by Gasteiger charge is 2.26. The highest BCUT2D eigenvalue weighted by molar-refractivity contribution is 7.17. The summed E-state index contributed by atoms with van der Waals surface area (Å²) in [5.41, 5.74) is 1.57. The third-order valence-electron chi connectivity index (χ3n) is 3.72. The summed E-state index contributed by atoms with van der Waals surface area (Å²) in [6.45, 7) is 6.82. The van der Waals surface area contributed by atoms with Crippen molar-refractivity contribution >= 4 is 21.4 Å². The Bertz CT molecular complexity index is 484. The van der Waals surface area contributed by atoms with Crippen molar-refractivity contribution < 1.29 is 0 Å². The quantitative estimate of drug-likeness (QED) is 0.850. The van der Waals surface area contributed by atoms with E-state index < -0.39 is 0 Å². The van der Waals surface area contributed by atoms with Gasteiger partial charge in [0.25, 0.3) is 0 Å². The summed E-state index contributed by atoms with van der Waals surface area (Å²) in [5.74, 6) is 0. The summed E-state index contributed by atoms with van der Waals surface area (Å²) in [5, 5.41) is 6.85. The molecule has 0 saturated heterocycles. The van der Waals surface area contributed by atoms with E-state index in [0.717, 1.165) is 0 Å². The predicted molar refractivity (Wildman–Crippen MR) is 73.4 cm³/mol. The molecule has 16 heavy (non-hydrogen) atoms. The SMILES string of the molecule is CNC(C)C(C)(C)c1ccc2ccsc2c1. The number of fused-ring (bicyclic) bond motifs is 1. The second kappa shape index (κ2) is 4.19. The number of thiophene rings is 1. The van der Waals surface area contributed by atoms with Crippen LogP contribution in [0, 0.1) is 0 Å². The van der Waals surface area contributed by atoms with Gasteiger partial charge in [0.05, 0.1) is 0 Å². The molecule has 1 aromatic carbocycles. The molecule has 0 radical (unpaired) electrons. The molecule has 0 bridgehead atoms. The number of likely N-dealkylation sites (N-methyl/N-ethyl adjacent to an activating group) is 1. The number of hydrogen-bond donors (Lipinski definition) is 1. The van der Waals surface area contributed by atoms with E-state index in [1.165, 1.54) is 15.6 Å². The van der Waals surface area contributed by atoms with Crippen LogP contribution < -0.4 is 5.32 Å². The van der Waals surface area contributed by atoms with Crippen molar-refractivity contribution in [2.45, 2.75) is 32.2 Å². The minimum absolute atomic E-state index is 0.160. The maximum atomic E-state index is 3.35. The summed E-state index contributed by atoms with van der Waals surface area (Å²) >= 11 is 1.82. The molecule has 1 aromatic heterocycles. The first-order valence-corrected chi connectivity index (χ1v) is 6.58. The van der Waals surface area contributed by atoms with Crippen LogP contribution in [-0.4, -0.2) is 13.1 Å². The van der Waals surface area contributed by atoms with Gasteiger partial charge in [-0.05, 0) is 42.4 Å².